The topological polar surface area (TPSA) is 38.5 Å². The van der Waals surface area contributed by atoms with Crippen molar-refractivity contribution in [3.8, 4) is 5.75 Å². The van der Waals surface area contributed by atoms with Gasteiger partial charge in [-0.3, -0.25) is 4.90 Å². The molecule has 2 atom stereocenters. The lowest BCUT2D eigenvalue weighted by Crippen LogP contribution is -2.28. The van der Waals surface area contributed by atoms with E-state index in [1.54, 1.807) is 0 Å². The third-order valence-corrected chi connectivity index (χ3v) is 3.54. The van der Waals surface area contributed by atoms with Gasteiger partial charge in [0.05, 0.1) is 6.10 Å². The van der Waals surface area contributed by atoms with Crippen LogP contribution in [0.25, 0.3) is 0 Å². The molecule has 0 spiro atoms. The maximum atomic E-state index is 5.96. The third kappa shape index (κ3) is 3.24. The van der Waals surface area contributed by atoms with Gasteiger partial charge in [0, 0.05) is 25.2 Å². The van der Waals surface area contributed by atoms with Crippen molar-refractivity contribution < 1.29 is 4.74 Å². The van der Waals surface area contributed by atoms with Gasteiger partial charge in [-0.25, -0.2) is 0 Å². The molecule has 1 aliphatic heterocycles. The lowest BCUT2D eigenvalue weighted by Gasteiger charge is -2.24. The van der Waals surface area contributed by atoms with Crippen LogP contribution in [0.5, 0.6) is 5.75 Å². The van der Waals surface area contributed by atoms with Crippen molar-refractivity contribution >= 4 is 0 Å². The van der Waals surface area contributed by atoms with Crippen LogP contribution >= 0.6 is 0 Å². The van der Waals surface area contributed by atoms with Crippen LogP contribution in [-0.4, -0.2) is 30.1 Å². The summed E-state index contributed by atoms with van der Waals surface area (Å²) in [7, 11) is 0. The highest BCUT2D eigenvalue weighted by Crippen LogP contribution is 2.25. The largest absolute Gasteiger partial charge is 0.491 e. The number of benzene rings is 1. The third-order valence-electron chi connectivity index (χ3n) is 3.54. The maximum Gasteiger partial charge on any atom is 0.119 e. The van der Waals surface area contributed by atoms with Crippen LogP contribution in [0.3, 0.4) is 0 Å². The molecular formula is C15H24N2O. The fraction of sp³-hybridized carbons (Fsp3) is 0.600. The summed E-state index contributed by atoms with van der Waals surface area (Å²) >= 11 is 0. The first-order valence-corrected chi connectivity index (χ1v) is 6.82. The summed E-state index contributed by atoms with van der Waals surface area (Å²) in [5, 5.41) is 0. The molecule has 18 heavy (non-hydrogen) atoms. The Morgan fingerprint density at radius 2 is 1.89 bits per heavy atom. The second-order valence-corrected chi connectivity index (χ2v) is 5.46. The predicted octanol–water partition coefficient (Wildman–Crippen LogP) is 2.57. The summed E-state index contributed by atoms with van der Waals surface area (Å²) < 4.78 is 5.66. The summed E-state index contributed by atoms with van der Waals surface area (Å²) in [4.78, 5) is 2.45. The van der Waals surface area contributed by atoms with E-state index in [0.29, 0.717) is 12.1 Å². The van der Waals surface area contributed by atoms with Gasteiger partial charge in [-0.1, -0.05) is 12.1 Å². The number of hydrogen-bond donors (Lipinski definition) is 1. The van der Waals surface area contributed by atoms with Crippen LogP contribution in [0.2, 0.25) is 0 Å². The zero-order valence-corrected chi connectivity index (χ0v) is 11.6. The number of hydrogen-bond acceptors (Lipinski definition) is 3. The molecule has 0 radical (unpaired) electrons. The Labute approximate surface area is 110 Å². The molecule has 0 bridgehead atoms. The summed E-state index contributed by atoms with van der Waals surface area (Å²) in [5.41, 5.74) is 7.29. The molecule has 3 nitrogen and oxygen atoms in total. The van der Waals surface area contributed by atoms with Crippen LogP contribution in [0, 0.1) is 0 Å². The van der Waals surface area contributed by atoms with E-state index < -0.39 is 0 Å². The van der Waals surface area contributed by atoms with Gasteiger partial charge >= 0.3 is 0 Å². The predicted molar refractivity (Wildman–Crippen MR) is 74.8 cm³/mol. The molecule has 1 aromatic rings. The highest BCUT2D eigenvalue weighted by molar-refractivity contribution is 5.29. The summed E-state index contributed by atoms with van der Waals surface area (Å²) in [5.74, 6) is 0.944. The highest BCUT2D eigenvalue weighted by Gasteiger charge is 2.24. The minimum atomic E-state index is 0.227. The summed E-state index contributed by atoms with van der Waals surface area (Å²) in [6, 6.07) is 9.21. The van der Waals surface area contributed by atoms with Crippen LogP contribution in [-0.2, 0) is 0 Å². The van der Waals surface area contributed by atoms with Gasteiger partial charge in [-0.15, -0.1) is 0 Å². The average Bonchev–Trinajstić information content (AvgIpc) is 2.75. The van der Waals surface area contributed by atoms with E-state index in [-0.39, 0.29) is 6.10 Å². The van der Waals surface area contributed by atoms with E-state index in [9.17, 15) is 0 Å². The molecule has 1 fully saturated rings. The molecule has 3 heteroatoms. The first-order valence-electron chi connectivity index (χ1n) is 6.82. The van der Waals surface area contributed by atoms with Gasteiger partial charge in [0.1, 0.15) is 5.75 Å². The van der Waals surface area contributed by atoms with Crippen LogP contribution in [0.1, 0.15) is 38.8 Å². The number of likely N-dealkylation sites (tertiary alicyclic amines) is 1. The van der Waals surface area contributed by atoms with E-state index in [2.05, 4.69) is 36.1 Å². The first kappa shape index (κ1) is 13.4. The second kappa shape index (κ2) is 5.72. The van der Waals surface area contributed by atoms with Crippen molar-refractivity contribution in [1.82, 2.24) is 4.90 Å². The molecule has 0 saturated carbocycles. The zero-order chi connectivity index (χ0) is 13.1. The SMILES string of the molecule is CC(C)Oc1ccc(C(C)N2CCC(N)C2)cc1. The Morgan fingerprint density at radius 3 is 2.39 bits per heavy atom. The van der Waals surface area contributed by atoms with E-state index in [1.807, 2.05) is 13.8 Å². The Balaban J connectivity index is 2.00. The van der Waals surface area contributed by atoms with Crippen LogP contribution in [0.15, 0.2) is 24.3 Å². The van der Waals surface area contributed by atoms with Crippen molar-refractivity contribution in [3.05, 3.63) is 29.8 Å². The van der Waals surface area contributed by atoms with Gasteiger partial charge in [0.2, 0.25) is 0 Å². The van der Waals surface area contributed by atoms with Crippen molar-refractivity contribution in [2.24, 2.45) is 5.73 Å². The van der Waals surface area contributed by atoms with Crippen LogP contribution in [0.4, 0.5) is 0 Å². The molecule has 0 aromatic heterocycles. The smallest absolute Gasteiger partial charge is 0.119 e. The van der Waals surface area contributed by atoms with Gasteiger partial charge in [-0.2, -0.15) is 0 Å². The summed E-state index contributed by atoms with van der Waals surface area (Å²) in [6.07, 6.45) is 1.34. The molecular weight excluding hydrogens is 224 g/mol. The molecule has 2 N–H and O–H groups in total. The highest BCUT2D eigenvalue weighted by atomic mass is 16.5. The van der Waals surface area contributed by atoms with E-state index in [1.165, 1.54) is 5.56 Å². The molecule has 1 aromatic carbocycles. The standard InChI is InChI=1S/C15H24N2O/c1-11(2)18-15-6-4-13(5-7-15)12(3)17-9-8-14(16)10-17/h4-7,11-12,14H,8-10,16H2,1-3H3. The Kier molecular flexibility index (Phi) is 4.25. The normalized spacial score (nSPS) is 22.4. The zero-order valence-electron chi connectivity index (χ0n) is 11.6. The fourth-order valence-electron chi connectivity index (χ4n) is 2.48. The fourth-order valence-corrected chi connectivity index (χ4v) is 2.48. The number of nitrogens with two attached hydrogens (primary N) is 1. The molecule has 1 heterocycles. The van der Waals surface area contributed by atoms with Gasteiger partial charge < -0.3 is 10.5 Å². The minimum absolute atomic E-state index is 0.227. The molecule has 1 saturated heterocycles. The molecule has 2 unspecified atom stereocenters. The van der Waals surface area contributed by atoms with Crippen molar-refractivity contribution in [2.75, 3.05) is 13.1 Å². The summed E-state index contributed by atoms with van der Waals surface area (Å²) in [6.45, 7) is 8.44. The van der Waals surface area contributed by atoms with Crippen molar-refractivity contribution in [3.63, 3.8) is 0 Å². The second-order valence-electron chi connectivity index (χ2n) is 5.46. The van der Waals surface area contributed by atoms with Gasteiger partial charge in [-0.05, 0) is 44.9 Å². The lowest BCUT2D eigenvalue weighted by molar-refractivity contribution is 0.241. The van der Waals surface area contributed by atoms with E-state index in [4.69, 9.17) is 10.5 Å². The Hall–Kier alpha value is -1.06. The minimum Gasteiger partial charge on any atom is -0.491 e. The number of nitrogens with zero attached hydrogens (tertiary/aromatic N) is 1. The monoisotopic (exact) mass is 248 g/mol. The Bertz CT molecular complexity index is 375. The molecule has 0 amide bonds. The lowest BCUT2D eigenvalue weighted by atomic mass is 10.1. The molecule has 2 rings (SSSR count). The average molecular weight is 248 g/mol. The first-order chi connectivity index (χ1) is 8.56. The van der Waals surface area contributed by atoms with Gasteiger partial charge in [0.25, 0.3) is 0 Å². The van der Waals surface area contributed by atoms with Crippen molar-refractivity contribution in [2.45, 2.75) is 45.4 Å². The maximum absolute atomic E-state index is 5.96. The number of rotatable bonds is 4. The Morgan fingerprint density at radius 1 is 1.22 bits per heavy atom. The van der Waals surface area contributed by atoms with E-state index >= 15 is 0 Å². The van der Waals surface area contributed by atoms with Crippen LogP contribution < -0.4 is 10.5 Å². The number of ether oxygens (including phenoxy) is 1. The molecule has 100 valence electrons. The van der Waals surface area contributed by atoms with Gasteiger partial charge in [0.15, 0.2) is 0 Å². The van der Waals surface area contributed by atoms with E-state index in [0.717, 1.165) is 25.3 Å². The molecule has 1 aliphatic rings. The molecule has 0 aliphatic carbocycles. The quantitative estimate of drug-likeness (QED) is 0.890. The van der Waals surface area contributed by atoms with Crippen molar-refractivity contribution in [1.29, 1.82) is 0 Å².